The molecule has 0 unspecified atom stereocenters. The van der Waals surface area contributed by atoms with Gasteiger partial charge in [0.25, 0.3) is 5.56 Å². The highest BCUT2D eigenvalue weighted by molar-refractivity contribution is 7.98. The van der Waals surface area contributed by atoms with Crippen molar-refractivity contribution in [1.29, 1.82) is 0 Å². The van der Waals surface area contributed by atoms with Gasteiger partial charge in [0.05, 0.1) is 28.5 Å². The molecule has 1 aliphatic rings. The lowest BCUT2D eigenvalue weighted by Crippen LogP contribution is -2.40. The molecule has 0 spiro atoms. The van der Waals surface area contributed by atoms with E-state index < -0.39 is 12.0 Å². The minimum absolute atomic E-state index is 0.200. The topological polar surface area (TPSA) is 69.9 Å². The summed E-state index contributed by atoms with van der Waals surface area (Å²) in [6, 6.07) is 31.9. The average Bonchev–Trinajstić information content (AvgIpc) is 3.38. The van der Waals surface area contributed by atoms with E-state index in [-0.39, 0.29) is 12.2 Å². The van der Waals surface area contributed by atoms with Gasteiger partial charge in [0.1, 0.15) is 12.4 Å². The van der Waals surface area contributed by atoms with Crippen molar-refractivity contribution in [3.8, 4) is 5.75 Å². The number of thioether (sulfide) groups is 1. The van der Waals surface area contributed by atoms with Crippen molar-refractivity contribution >= 4 is 52.4 Å². The van der Waals surface area contributed by atoms with Crippen LogP contribution >= 0.6 is 34.7 Å². The van der Waals surface area contributed by atoms with E-state index in [2.05, 4.69) is 0 Å². The van der Waals surface area contributed by atoms with E-state index in [9.17, 15) is 9.59 Å². The molecule has 0 aliphatic carbocycles. The molecule has 5 aromatic rings. The van der Waals surface area contributed by atoms with Gasteiger partial charge in [0.15, 0.2) is 4.80 Å². The fraction of sp³-hybridized carbons (Fsp3) is 0.139. The van der Waals surface area contributed by atoms with E-state index in [1.54, 1.807) is 23.3 Å². The Morgan fingerprint density at radius 3 is 2.44 bits per heavy atom. The van der Waals surface area contributed by atoms with Gasteiger partial charge < -0.3 is 9.47 Å². The highest BCUT2D eigenvalue weighted by atomic mass is 35.5. The third kappa shape index (κ3) is 6.68. The fourth-order valence-corrected chi connectivity index (χ4v) is 6.77. The molecule has 45 heavy (non-hydrogen) atoms. The van der Waals surface area contributed by atoms with Crippen LogP contribution in [0.25, 0.3) is 11.8 Å². The normalized spacial score (nSPS) is 14.6. The summed E-state index contributed by atoms with van der Waals surface area (Å²) in [5.74, 6) is 0.204. The molecule has 1 atom stereocenters. The van der Waals surface area contributed by atoms with Crippen LogP contribution in [0.15, 0.2) is 123 Å². The number of carbonyl (C=O) groups is 1. The zero-order chi connectivity index (χ0) is 31.3. The molecule has 1 aliphatic heterocycles. The number of halogens is 1. The number of hydrogen-bond acceptors (Lipinski definition) is 7. The third-order valence-corrected chi connectivity index (χ3v) is 9.24. The van der Waals surface area contributed by atoms with Crippen molar-refractivity contribution in [2.24, 2.45) is 4.99 Å². The summed E-state index contributed by atoms with van der Waals surface area (Å²) in [4.78, 5) is 34.2. The number of hydrogen-bond donors (Lipinski definition) is 0. The third-order valence-electron chi connectivity index (χ3n) is 7.28. The molecule has 0 N–H and O–H groups in total. The van der Waals surface area contributed by atoms with Gasteiger partial charge in [0.2, 0.25) is 0 Å². The van der Waals surface area contributed by atoms with Crippen LogP contribution in [0.5, 0.6) is 5.75 Å². The van der Waals surface area contributed by atoms with E-state index in [1.807, 2.05) is 115 Å². The van der Waals surface area contributed by atoms with Crippen molar-refractivity contribution in [1.82, 2.24) is 4.57 Å². The summed E-state index contributed by atoms with van der Waals surface area (Å²) in [6.07, 6.45) is 3.85. The zero-order valence-electron chi connectivity index (χ0n) is 24.6. The lowest BCUT2D eigenvalue weighted by atomic mass is 9.93. The molecule has 4 aromatic carbocycles. The molecular weight excluding hydrogens is 624 g/mol. The van der Waals surface area contributed by atoms with Gasteiger partial charge in [-0.15, -0.1) is 11.8 Å². The first-order valence-corrected chi connectivity index (χ1v) is 16.8. The highest BCUT2D eigenvalue weighted by Gasteiger charge is 2.35. The van der Waals surface area contributed by atoms with Crippen molar-refractivity contribution in [3.63, 3.8) is 0 Å². The Balaban J connectivity index is 1.43. The minimum atomic E-state index is -0.712. The predicted octanol–water partition coefficient (Wildman–Crippen LogP) is 6.89. The number of fused-ring (bicyclic) bond motifs is 1. The molecule has 0 amide bonds. The van der Waals surface area contributed by atoms with Gasteiger partial charge in [-0.2, -0.15) is 0 Å². The SMILES string of the molecule is CCOC(=O)C1=C(c2ccccc2)N=c2s/c(=C\c3ccc(OCc4cccc(Cl)c4)cc3)c(=O)n2[C@H]1c1ccc(SC)cc1. The van der Waals surface area contributed by atoms with E-state index >= 15 is 0 Å². The lowest BCUT2D eigenvalue weighted by Gasteiger charge is -2.26. The van der Waals surface area contributed by atoms with E-state index in [0.717, 1.165) is 27.1 Å². The van der Waals surface area contributed by atoms with Crippen LogP contribution in [0.1, 0.15) is 35.2 Å². The summed E-state index contributed by atoms with van der Waals surface area (Å²) in [6.45, 7) is 2.36. The van der Waals surface area contributed by atoms with Crippen molar-refractivity contribution < 1.29 is 14.3 Å². The Kier molecular flexibility index (Phi) is 9.35. The smallest absolute Gasteiger partial charge is 0.338 e. The second kappa shape index (κ2) is 13.7. The van der Waals surface area contributed by atoms with Crippen molar-refractivity contribution in [2.75, 3.05) is 12.9 Å². The number of benzene rings is 4. The predicted molar refractivity (Wildman–Crippen MR) is 182 cm³/mol. The van der Waals surface area contributed by atoms with E-state index in [4.69, 9.17) is 26.1 Å². The van der Waals surface area contributed by atoms with E-state index in [0.29, 0.717) is 38.0 Å². The highest BCUT2D eigenvalue weighted by Crippen LogP contribution is 2.35. The number of rotatable bonds is 9. The molecule has 6 rings (SSSR count). The number of carbonyl (C=O) groups excluding carboxylic acids is 1. The second-order valence-electron chi connectivity index (χ2n) is 10.2. The second-order valence-corrected chi connectivity index (χ2v) is 12.5. The van der Waals surface area contributed by atoms with Gasteiger partial charge in [-0.25, -0.2) is 9.79 Å². The monoisotopic (exact) mass is 652 g/mol. The van der Waals surface area contributed by atoms with Gasteiger partial charge in [-0.05, 0) is 72.3 Å². The van der Waals surface area contributed by atoms with Crippen molar-refractivity contribution in [2.45, 2.75) is 24.5 Å². The van der Waals surface area contributed by atoms with Gasteiger partial charge in [-0.3, -0.25) is 9.36 Å². The zero-order valence-corrected chi connectivity index (χ0v) is 27.0. The first-order valence-electron chi connectivity index (χ1n) is 14.3. The number of ether oxygens (including phenoxy) is 2. The van der Waals surface area contributed by atoms with Gasteiger partial charge in [-0.1, -0.05) is 89.7 Å². The maximum atomic E-state index is 14.1. The number of nitrogens with zero attached hydrogens (tertiary/aromatic N) is 2. The molecule has 226 valence electrons. The lowest BCUT2D eigenvalue weighted by molar-refractivity contribution is -0.138. The summed E-state index contributed by atoms with van der Waals surface area (Å²) in [7, 11) is 0. The summed E-state index contributed by atoms with van der Waals surface area (Å²) >= 11 is 9.01. The Hall–Kier alpha value is -4.37. The van der Waals surface area contributed by atoms with Crippen LogP contribution in [0.4, 0.5) is 0 Å². The Morgan fingerprint density at radius 2 is 1.76 bits per heavy atom. The average molecular weight is 653 g/mol. The maximum Gasteiger partial charge on any atom is 0.338 e. The maximum absolute atomic E-state index is 14.1. The summed E-state index contributed by atoms with van der Waals surface area (Å²) in [5.41, 5.74) is 3.99. The molecule has 0 saturated carbocycles. The van der Waals surface area contributed by atoms with Gasteiger partial charge in [0, 0.05) is 15.5 Å². The summed E-state index contributed by atoms with van der Waals surface area (Å²) < 4.78 is 13.6. The molecule has 0 radical (unpaired) electrons. The Bertz CT molecular complexity index is 2050. The molecule has 1 aromatic heterocycles. The quantitative estimate of drug-likeness (QED) is 0.128. The Labute approximate surface area is 274 Å². The van der Waals surface area contributed by atoms with Crippen LogP contribution in [0.2, 0.25) is 5.02 Å². The molecule has 0 saturated heterocycles. The van der Waals surface area contributed by atoms with Crippen LogP contribution in [0, 0.1) is 0 Å². The van der Waals surface area contributed by atoms with Crippen LogP contribution in [-0.4, -0.2) is 23.4 Å². The largest absolute Gasteiger partial charge is 0.489 e. The van der Waals surface area contributed by atoms with Crippen LogP contribution < -0.4 is 19.6 Å². The molecule has 6 nitrogen and oxygen atoms in total. The first-order chi connectivity index (χ1) is 21.9. The van der Waals surface area contributed by atoms with E-state index in [1.165, 1.54) is 11.3 Å². The van der Waals surface area contributed by atoms with Crippen LogP contribution in [-0.2, 0) is 16.1 Å². The number of thiazole rings is 1. The Morgan fingerprint density at radius 1 is 1.00 bits per heavy atom. The van der Waals surface area contributed by atoms with Gasteiger partial charge >= 0.3 is 5.97 Å². The van der Waals surface area contributed by atoms with Crippen molar-refractivity contribution in [3.05, 3.63) is 156 Å². The fourth-order valence-electron chi connectivity index (χ4n) is 5.15. The number of aromatic nitrogens is 1. The summed E-state index contributed by atoms with van der Waals surface area (Å²) in [5, 5.41) is 0.664. The van der Waals surface area contributed by atoms with Crippen LogP contribution in [0.3, 0.4) is 0 Å². The minimum Gasteiger partial charge on any atom is -0.489 e. The molecular formula is C36H29ClN2O4S2. The molecule has 0 fully saturated rings. The molecule has 2 heterocycles. The first kappa shape index (κ1) is 30.6. The standard InChI is InChI=1S/C36H29ClN2O4S2/c1-3-42-35(41)31-32(25-9-5-4-6-10-25)38-36-39(33(31)26-14-18-29(44-2)19-15-26)34(40)30(45-36)21-23-12-16-28(17-13-23)43-22-24-8-7-11-27(37)20-24/h4-21,33H,3,22H2,1-2H3/b30-21-/t33-/m0/s1. The molecule has 9 heteroatoms. The number of esters is 1. The molecule has 0 bridgehead atoms.